The number of hydrazine groups is 1. The molecule has 0 bridgehead atoms. The average molecular weight is 426 g/mol. The molecule has 1 fully saturated rings. The second-order valence-electron chi connectivity index (χ2n) is 7.47. The van der Waals surface area contributed by atoms with Crippen molar-refractivity contribution in [2.45, 2.75) is 38.4 Å². The van der Waals surface area contributed by atoms with Crippen LogP contribution < -0.4 is 10.7 Å². The van der Waals surface area contributed by atoms with Crippen molar-refractivity contribution in [2.24, 2.45) is 5.10 Å². The number of amides is 2. The number of benzene rings is 2. The highest BCUT2D eigenvalue weighted by atomic mass is 35.5. The summed E-state index contributed by atoms with van der Waals surface area (Å²) in [6, 6.07) is 15.3. The van der Waals surface area contributed by atoms with Gasteiger partial charge in [-0.1, -0.05) is 54.9 Å². The maximum Gasteiger partial charge on any atom is 0.267 e. The number of hydrogen-bond acceptors (Lipinski definition) is 5. The summed E-state index contributed by atoms with van der Waals surface area (Å²) < 4.78 is 0. The second kappa shape index (κ2) is 8.85. The number of nitrogens with one attached hydrogen (secondary N) is 2. The first-order chi connectivity index (χ1) is 14.5. The molecule has 0 aromatic heterocycles. The summed E-state index contributed by atoms with van der Waals surface area (Å²) in [6.45, 7) is 2.39. The number of halogens is 1. The van der Waals surface area contributed by atoms with Gasteiger partial charge in [0.1, 0.15) is 18.9 Å². The molecule has 2 aromatic rings. The lowest BCUT2D eigenvalue weighted by Gasteiger charge is -2.29. The Morgan fingerprint density at radius 1 is 1.17 bits per heavy atom. The normalized spacial score (nSPS) is 20.4. The van der Waals surface area contributed by atoms with Gasteiger partial charge >= 0.3 is 0 Å². The molecule has 2 amide bonds. The Kier molecular flexibility index (Phi) is 6.01. The van der Waals surface area contributed by atoms with Gasteiger partial charge in [-0.2, -0.15) is 5.10 Å². The van der Waals surface area contributed by atoms with Gasteiger partial charge in [0, 0.05) is 11.6 Å². The molecule has 2 unspecified atom stereocenters. The van der Waals surface area contributed by atoms with Crippen molar-refractivity contribution in [1.29, 1.82) is 0 Å². The Morgan fingerprint density at radius 3 is 2.57 bits per heavy atom. The predicted molar refractivity (Wildman–Crippen MR) is 115 cm³/mol. The number of rotatable bonds is 6. The highest BCUT2D eigenvalue weighted by Gasteiger charge is 2.41. The van der Waals surface area contributed by atoms with Gasteiger partial charge in [0.15, 0.2) is 0 Å². The quantitative estimate of drug-likeness (QED) is 0.745. The molecular formula is C22H24ClN5O2. The van der Waals surface area contributed by atoms with E-state index in [1.807, 2.05) is 12.1 Å². The fourth-order valence-electron chi connectivity index (χ4n) is 3.65. The number of aryl methyl sites for hydroxylation is 1. The third-order valence-corrected chi connectivity index (χ3v) is 5.69. The summed E-state index contributed by atoms with van der Waals surface area (Å²) in [5.74, 6) is -0.444. The summed E-state index contributed by atoms with van der Waals surface area (Å²) in [4.78, 5) is 25.2. The number of nitrogens with zero attached hydrogens (tertiary/aromatic N) is 3. The van der Waals surface area contributed by atoms with Crippen molar-refractivity contribution in [3.05, 3.63) is 70.2 Å². The van der Waals surface area contributed by atoms with Crippen LogP contribution in [0.4, 0.5) is 0 Å². The minimum atomic E-state index is -0.373. The van der Waals surface area contributed by atoms with Crippen LogP contribution in [-0.4, -0.2) is 40.8 Å². The van der Waals surface area contributed by atoms with Crippen LogP contribution in [0.2, 0.25) is 5.02 Å². The van der Waals surface area contributed by atoms with E-state index in [-0.39, 0.29) is 30.4 Å². The Bertz CT molecular complexity index is 945. The van der Waals surface area contributed by atoms with Crippen LogP contribution >= 0.6 is 11.6 Å². The van der Waals surface area contributed by atoms with E-state index in [1.54, 1.807) is 23.5 Å². The molecule has 1 saturated heterocycles. The van der Waals surface area contributed by atoms with E-state index >= 15 is 0 Å². The average Bonchev–Trinajstić information content (AvgIpc) is 3.21. The zero-order valence-electron chi connectivity index (χ0n) is 16.7. The third-order valence-electron chi connectivity index (χ3n) is 5.44. The standard InChI is InChI=1S/C22H24ClN5O2/c1-2-15-3-7-17(8-4-15)19-11-20-22(30)27(25-14-28(20)26-19)13-21(29)24-12-16-5-9-18(23)10-6-16/h3-10,14,19-20,26H,2,11-13H2,1H3,(H,24,29). The van der Waals surface area contributed by atoms with E-state index in [0.29, 0.717) is 18.0 Å². The molecule has 4 rings (SSSR count). The molecule has 0 aliphatic carbocycles. The van der Waals surface area contributed by atoms with Gasteiger partial charge in [0.25, 0.3) is 5.91 Å². The lowest BCUT2D eigenvalue weighted by atomic mass is 9.99. The van der Waals surface area contributed by atoms with Gasteiger partial charge in [-0.15, -0.1) is 0 Å². The van der Waals surface area contributed by atoms with Crippen molar-refractivity contribution < 1.29 is 9.59 Å². The van der Waals surface area contributed by atoms with E-state index in [2.05, 4.69) is 47.0 Å². The van der Waals surface area contributed by atoms with E-state index < -0.39 is 0 Å². The minimum Gasteiger partial charge on any atom is -0.350 e. The molecule has 2 aromatic carbocycles. The SMILES string of the molecule is CCc1ccc(C2CC3C(=O)N(CC(=O)NCc4ccc(Cl)cc4)N=CN3N2)cc1. The Hall–Kier alpha value is -2.90. The van der Waals surface area contributed by atoms with Crippen molar-refractivity contribution in [2.75, 3.05) is 6.54 Å². The van der Waals surface area contributed by atoms with E-state index in [9.17, 15) is 9.59 Å². The van der Waals surface area contributed by atoms with Crippen molar-refractivity contribution in [1.82, 2.24) is 20.8 Å². The van der Waals surface area contributed by atoms with E-state index in [1.165, 1.54) is 10.6 Å². The van der Waals surface area contributed by atoms with Crippen molar-refractivity contribution in [3.8, 4) is 0 Å². The lowest BCUT2D eigenvalue weighted by Crippen LogP contribution is -2.52. The summed E-state index contributed by atoms with van der Waals surface area (Å²) in [7, 11) is 0. The Morgan fingerprint density at radius 2 is 1.87 bits per heavy atom. The van der Waals surface area contributed by atoms with Gasteiger partial charge in [-0.25, -0.2) is 10.4 Å². The van der Waals surface area contributed by atoms with Crippen LogP contribution in [0.15, 0.2) is 53.6 Å². The summed E-state index contributed by atoms with van der Waals surface area (Å²) in [6.07, 6.45) is 3.20. The first-order valence-electron chi connectivity index (χ1n) is 10.0. The molecule has 156 valence electrons. The van der Waals surface area contributed by atoms with E-state index in [0.717, 1.165) is 17.5 Å². The molecule has 8 heteroatoms. The fraction of sp³-hybridized carbons (Fsp3) is 0.318. The summed E-state index contributed by atoms with van der Waals surface area (Å²) in [5.41, 5.74) is 6.68. The molecule has 7 nitrogen and oxygen atoms in total. The van der Waals surface area contributed by atoms with Crippen LogP contribution in [0, 0.1) is 0 Å². The van der Waals surface area contributed by atoms with E-state index in [4.69, 9.17) is 11.6 Å². The number of hydrazone groups is 1. The van der Waals surface area contributed by atoms with Gasteiger partial charge in [-0.3, -0.25) is 14.6 Å². The smallest absolute Gasteiger partial charge is 0.267 e. The zero-order valence-corrected chi connectivity index (χ0v) is 17.5. The second-order valence-corrected chi connectivity index (χ2v) is 7.90. The fourth-order valence-corrected chi connectivity index (χ4v) is 3.78. The van der Waals surface area contributed by atoms with Gasteiger partial charge < -0.3 is 5.32 Å². The predicted octanol–water partition coefficient (Wildman–Crippen LogP) is 2.62. The van der Waals surface area contributed by atoms with Gasteiger partial charge in [-0.05, 0) is 41.7 Å². The Balaban J connectivity index is 1.33. The molecule has 30 heavy (non-hydrogen) atoms. The number of hydrogen-bond donors (Lipinski definition) is 2. The molecular weight excluding hydrogens is 402 g/mol. The highest BCUT2D eigenvalue weighted by Crippen LogP contribution is 2.29. The molecule has 0 spiro atoms. The lowest BCUT2D eigenvalue weighted by molar-refractivity contribution is -0.140. The number of carbonyl (C=O) groups is 2. The topological polar surface area (TPSA) is 77.0 Å². The summed E-state index contributed by atoms with van der Waals surface area (Å²) >= 11 is 5.87. The van der Waals surface area contributed by atoms with Crippen LogP contribution in [0.3, 0.4) is 0 Å². The maximum absolute atomic E-state index is 12.9. The third kappa shape index (κ3) is 4.47. The van der Waals surface area contributed by atoms with Crippen molar-refractivity contribution >= 4 is 29.8 Å². The highest BCUT2D eigenvalue weighted by molar-refractivity contribution is 6.30. The molecule has 2 N–H and O–H groups in total. The first kappa shape index (κ1) is 20.4. The Labute approximate surface area is 180 Å². The van der Waals surface area contributed by atoms with Crippen molar-refractivity contribution in [3.63, 3.8) is 0 Å². The minimum absolute atomic E-state index is 0.0370. The van der Waals surface area contributed by atoms with Gasteiger partial charge in [0.2, 0.25) is 5.91 Å². The van der Waals surface area contributed by atoms with Gasteiger partial charge in [0.05, 0.1) is 6.04 Å². The number of fused-ring (bicyclic) bond motifs is 1. The van der Waals surface area contributed by atoms with Crippen LogP contribution in [0.5, 0.6) is 0 Å². The van der Waals surface area contributed by atoms with Crippen LogP contribution in [0.1, 0.15) is 36.1 Å². The monoisotopic (exact) mass is 425 g/mol. The first-order valence-corrected chi connectivity index (χ1v) is 10.4. The molecule has 2 aliphatic heterocycles. The number of carbonyl (C=O) groups excluding carboxylic acids is 2. The molecule has 2 aliphatic rings. The summed E-state index contributed by atoms with van der Waals surface area (Å²) in [5, 5.41) is 10.6. The largest absolute Gasteiger partial charge is 0.350 e. The molecule has 2 atom stereocenters. The zero-order chi connectivity index (χ0) is 21.1. The van der Waals surface area contributed by atoms with Crippen LogP contribution in [0.25, 0.3) is 0 Å². The van der Waals surface area contributed by atoms with Crippen LogP contribution in [-0.2, 0) is 22.6 Å². The maximum atomic E-state index is 12.9. The molecule has 2 heterocycles. The molecule has 0 radical (unpaired) electrons. The molecule has 0 saturated carbocycles.